The maximum absolute atomic E-state index is 8.58. The molecule has 2 unspecified atom stereocenters. The summed E-state index contributed by atoms with van der Waals surface area (Å²) in [7, 11) is 0. The topological polar surface area (TPSA) is 232 Å². The van der Waals surface area contributed by atoms with E-state index in [1.54, 1.807) is 13.8 Å². The average Bonchev–Trinajstić information content (AvgIpc) is 2.30. The van der Waals surface area contributed by atoms with Crippen molar-refractivity contribution in [3.05, 3.63) is 0 Å². The Bertz CT molecular complexity index is 290. The number of rotatable bonds is 3. The Balaban J connectivity index is -0.0000000197. The Kier molecular flexibility index (Phi) is 112. The quantitative estimate of drug-likeness (QED) is 0.0793. The van der Waals surface area contributed by atoms with Crippen LogP contribution < -0.4 is 125 Å². The van der Waals surface area contributed by atoms with Gasteiger partial charge in [0.25, 0.3) is 0 Å². The van der Waals surface area contributed by atoms with Crippen molar-refractivity contribution in [2.45, 2.75) is 53.8 Å². The molecule has 0 radical (unpaired) electrons. The first-order valence-corrected chi connectivity index (χ1v) is 5.00. The fraction of sp³-hybridized carbons (Fsp3) is 0.727. The number of aliphatic hydroxyl groups excluding tert-OH is 2. The Morgan fingerprint density at radius 3 is 1.48 bits per heavy atom. The molecule has 0 saturated heterocycles. The minimum Gasteiger partial charge on any atom is -0.652 e. The van der Waals surface area contributed by atoms with E-state index in [1.807, 2.05) is 6.07 Å². The van der Waals surface area contributed by atoms with Crippen LogP contribution >= 0.6 is 12.4 Å². The number of halogens is 1. The molecule has 0 aromatic heterocycles. The largest absolute Gasteiger partial charge is 1.00 e. The van der Waals surface area contributed by atoms with Crippen molar-refractivity contribution in [1.82, 2.24) is 0 Å². The van der Waals surface area contributed by atoms with Gasteiger partial charge in [0.15, 0.2) is 0 Å². The Labute approximate surface area is 240 Å². The summed E-state index contributed by atoms with van der Waals surface area (Å²) in [5, 5.41) is 58.5. The maximum Gasteiger partial charge on any atom is 1.00 e. The van der Waals surface area contributed by atoms with Gasteiger partial charge in [0.1, 0.15) is 5.84 Å². The molecule has 0 aromatic rings. The van der Waals surface area contributed by atoms with E-state index in [4.69, 9.17) is 46.6 Å². The maximum atomic E-state index is 8.58. The van der Waals surface area contributed by atoms with Crippen LogP contribution in [0.25, 0.3) is 0 Å². The van der Waals surface area contributed by atoms with Crippen molar-refractivity contribution in [3.63, 3.8) is 0 Å². The third-order valence-corrected chi connectivity index (χ3v) is 1.02. The van der Waals surface area contributed by atoms with Gasteiger partial charge >= 0.3 is 103 Å². The average molecular weight is 443 g/mol. The Morgan fingerprint density at radius 1 is 1.16 bits per heavy atom. The molecule has 0 spiro atoms. The molecule has 2 atom stereocenters. The van der Waals surface area contributed by atoms with E-state index in [0.29, 0.717) is 0 Å². The van der Waals surface area contributed by atoms with Crippen molar-refractivity contribution >= 4 is 24.4 Å². The molecule has 11 nitrogen and oxygen atoms in total. The molecule has 0 aliphatic carbocycles. The second-order valence-corrected chi connectivity index (χ2v) is 3.11. The van der Waals surface area contributed by atoms with Gasteiger partial charge in [-0.3, -0.25) is 0 Å². The number of nitriles is 1. The molecule has 0 fully saturated rings. The molecule has 0 aliphatic rings. The zero-order valence-corrected chi connectivity index (χ0v) is 20.6. The molecular formula is C11H29ClK2N4O7. The molecule has 0 bridgehead atoms. The van der Waals surface area contributed by atoms with Gasteiger partial charge in [0.2, 0.25) is 0 Å². The van der Waals surface area contributed by atoms with Crippen LogP contribution in [0.1, 0.15) is 41.5 Å². The third kappa shape index (κ3) is 128. The smallest absolute Gasteiger partial charge is 0.652 e. The van der Waals surface area contributed by atoms with Crippen LogP contribution in [0.4, 0.5) is 4.79 Å². The first kappa shape index (κ1) is 56.3. The summed E-state index contributed by atoms with van der Waals surface area (Å²) in [5.41, 5.74) is 5.01. The van der Waals surface area contributed by atoms with Crippen LogP contribution in [0.3, 0.4) is 0 Å². The summed E-state index contributed by atoms with van der Waals surface area (Å²) in [5.74, 6) is 3.56. The van der Waals surface area contributed by atoms with Gasteiger partial charge < -0.3 is 41.4 Å². The van der Waals surface area contributed by atoms with E-state index in [2.05, 4.69) is 11.1 Å². The van der Waals surface area contributed by atoms with Crippen LogP contribution in [0.2, 0.25) is 0 Å². The summed E-state index contributed by atoms with van der Waals surface area (Å²) in [4.78, 5) is 8.33. The predicted octanol–water partition coefficient (Wildman–Crippen LogP) is -7.63. The first-order valence-electron chi connectivity index (χ1n) is 5.00. The summed E-state index contributed by atoms with van der Waals surface area (Å²) in [6, 6.07) is 1.82. The van der Waals surface area contributed by atoms with Crippen molar-refractivity contribution in [2.24, 2.45) is 16.8 Å². The summed E-state index contributed by atoms with van der Waals surface area (Å²) < 4.78 is 0. The number of carboxylic acid groups (broad SMARTS) is 2. The number of hydrogen-bond donors (Lipinski definition) is 6. The molecule has 14 heteroatoms. The standard InChI is InChI=1S/C4H10N2O2.C4H7NO.CH2O3.2CH4.ClH.2K.H3NO/c1-3(7)2-4(5)6-8;1-4(6)2-3-5;2-1(3)4;;;;;;1-2/h3,7-8H,2H2,1H3,(H2,5,6);4,6H,2H2,1H3;(H2,2,3,4);2*1H4;1H;;;2H,1H2/q;;;;;;2*+1;/p-2. The normalized spacial score (nSPS) is 9.40. The van der Waals surface area contributed by atoms with Gasteiger partial charge in [-0.2, -0.15) is 5.26 Å². The van der Waals surface area contributed by atoms with Crippen molar-refractivity contribution in [1.29, 1.82) is 5.26 Å². The van der Waals surface area contributed by atoms with Crippen LogP contribution in [0, 0.1) is 11.3 Å². The predicted molar refractivity (Wildman–Crippen MR) is 83.7 cm³/mol. The van der Waals surface area contributed by atoms with Crippen LogP contribution in [-0.4, -0.2) is 44.8 Å². The fourth-order valence-corrected chi connectivity index (χ4v) is 0.476. The second kappa shape index (κ2) is 50.0. The number of carbonyl (C=O) groups is 1. The zero-order chi connectivity index (χ0) is 17.1. The number of aliphatic hydroxyl groups is 2. The van der Waals surface area contributed by atoms with Crippen LogP contribution in [0.5, 0.6) is 0 Å². The SMILES string of the molecule is C.C.CC(O)C/C(N)=N/O.CC(O)CC#N.Cl.NO.O=C([O-])[O-].[K+].[K+]. The molecular weight excluding hydrogens is 414 g/mol. The van der Waals surface area contributed by atoms with Gasteiger partial charge in [-0.15, -0.1) is 12.4 Å². The third-order valence-electron chi connectivity index (χ3n) is 1.02. The Morgan fingerprint density at radius 2 is 1.44 bits per heavy atom. The van der Waals surface area contributed by atoms with E-state index in [-0.39, 0.29) is 149 Å². The van der Waals surface area contributed by atoms with Crippen LogP contribution in [0.15, 0.2) is 5.16 Å². The molecule has 0 rings (SSSR count). The number of nitrogens with zero attached hydrogens (tertiary/aromatic N) is 2. The first-order chi connectivity index (χ1) is 9.17. The van der Waals surface area contributed by atoms with Gasteiger partial charge in [-0.1, -0.05) is 20.0 Å². The van der Waals surface area contributed by atoms with Gasteiger partial charge in [-0.05, 0) is 20.0 Å². The van der Waals surface area contributed by atoms with Gasteiger partial charge in [0, 0.05) is 6.42 Å². The number of amidine groups is 1. The van der Waals surface area contributed by atoms with Crippen molar-refractivity contribution in [3.8, 4) is 6.07 Å². The van der Waals surface area contributed by atoms with Crippen molar-refractivity contribution in [2.75, 3.05) is 0 Å². The Hall–Kier alpha value is 1.43. The number of nitrogens with two attached hydrogens (primary N) is 2. The summed E-state index contributed by atoms with van der Waals surface area (Å²) in [6.45, 7) is 3.15. The monoisotopic (exact) mass is 442 g/mol. The molecule has 0 aromatic carbocycles. The number of carbonyl (C=O) groups excluding carboxylic acids is 1. The van der Waals surface area contributed by atoms with Gasteiger partial charge in [0.05, 0.1) is 24.7 Å². The van der Waals surface area contributed by atoms with Crippen molar-refractivity contribution < 1.29 is 138 Å². The molecule has 8 N–H and O–H groups in total. The fourth-order valence-electron chi connectivity index (χ4n) is 0.476. The number of oxime groups is 1. The molecule has 0 aliphatic heterocycles. The minimum atomic E-state index is -2.33. The van der Waals surface area contributed by atoms with E-state index >= 15 is 0 Å². The molecule has 0 amide bonds. The van der Waals surface area contributed by atoms with E-state index in [0.717, 1.165) is 0 Å². The number of hydrogen-bond acceptors (Lipinski definition) is 10. The summed E-state index contributed by atoms with van der Waals surface area (Å²) in [6.07, 6.45) is -2.88. The van der Waals surface area contributed by atoms with Gasteiger partial charge in [-0.25, -0.2) is 5.90 Å². The second-order valence-electron chi connectivity index (χ2n) is 3.11. The van der Waals surface area contributed by atoms with E-state index in [1.165, 1.54) is 0 Å². The van der Waals surface area contributed by atoms with Crippen LogP contribution in [-0.2, 0) is 0 Å². The molecule has 25 heavy (non-hydrogen) atoms. The van der Waals surface area contributed by atoms with E-state index in [9.17, 15) is 0 Å². The minimum absolute atomic E-state index is 0. The molecule has 144 valence electrons. The summed E-state index contributed by atoms with van der Waals surface area (Å²) >= 11 is 0. The molecule has 0 saturated carbocycles. The van der Waals surface area contributed by atoms with E-state index < -0.39 is 18.4 Å². The molecule has 0 heterocycles. The zero-order valence-electron chi connectivity index (χ0n) is 13.5.